The van der Waals surface area contributed by atoms with Crippen molar-refractivity contribution in [2.75, 3.05) is 18.6 Å². The van der Waals surface area contributed by atoms with Gasteiger partial charge in [0.25, 0.3) is 5.91 Å². The molecule has 0 fully saturated rings. The molecule has 1 aliphatic rings. The van der Waals surface area contributed by atoms with Crippen LogP contribution in [-0.4, -0.2) is 25.6 Å². The highest BCUT2D eigenvalue weighted by atomic mass is 35.5. The first-order valence-electron chi connectivity index (χ1n) is 9.01. The van der Waals surface area contributed by atoms with Crippen LogP contribution in [0.4, 0.5) is 5.69 Å². The number of amides is 1. The third-order valence-corrected chi connectivity index (χ3v) is 4.87. The molecule has 7 heteroatoms. The van der Waals surface area contributed by atoms with Gasteiger partial charge < -0.3 is 9.47 Å². The number of anilines is 1. The molecule has 0 radical (unpaired) electrons. The van der Waals surface area contributed by atoms with E-state index in [0.717, 1.165) is 0 Å². The second-order valence-electron chi connectivity index (χ2n) is 6.45. The Morgan fingerprint density at radius 3 is 2.50 bits per heavy atom. The number of carbonyl (C=O) groups is 2. The molecule has 2 aromatic carbocycles. The maximum absolute atomic E-state index is 13.3. The fourth-order valence-corrected chi connectivity index (χ4v) is 3.69. The number of hydrogen-bond acceptors (Lipinski definition) is 4. The molecule has 5 nitrogen and oxygen atoms in total. The summed E-state index contributed by atoms with van der Waals surface area (Å²) in [4.78, 5) is 27.2. The average molecular weight is 444 g/mol. The lowest BCUT2D eigenvalue weighted by Gasteiger charge is -2.18. The molecule has 0 saturated carbocycles. The van der Waals surface area contributed by atoms with Crippen molar-refractivity contribution in [3.05, 3.63) is 87.6 Å². The van der Waals surface area contributed by atoms with Crippen LogP contribution in [0.1, 0.15) is 12.5 Å². The van der Waals surface area contributed by atoms with Gasteiger partial charge in [-0.05, 0) is 48.9 Å². The molecule has 30 heavy (non-hydrogen) atoms. The number of nitrogens with zero attached hydrogens (tertiary/aromatic N) is 1. The van der Waals surface area contributed by atoms with Gasteiger partial charge in [0.1, 0.15) is 12.4 Å². The van der Waals surface area contributed by atoms with Gasteiger partial charge in [-0.1, -0.05) is 48.0 Å². The van der Waals surface area contributed by atoms with E-state index in [1.54, 1.807) is 55.5 Å². The number of rotatable bonds is 6. The Kier molecular flexibility index (Phi) is 6.65. The van der Waals surface area contributed by atoms with Crippen LogP contribution in [-0.2, 0) is 14.3 Å². The van der Waals surface area contributed by atoms with Crippen LogP contribution in [0.25, 0.3) is 6.08 Å². The van der Waals surface area contributed by atoms with Crippen LogP contribution < -0.4 is 9.64 Å². The Balaban J connectivity index is 2.10. The lowest BCUT2D eigenvalue weighted by atomic mass is 10.0. The Morgan fingerprint density at radius 1 is 1.17 bits per heavy atom. The van der Waals surface area contributed by atoms with Crippen LogP contribution in [0.15, 0.2) is 72.0 Å². The number of allylic oxidation sites excluding steroid dienone is 1. The van der Waals surface area contributed by atoms with E-state index in [1.807, 2.05) is 6.07 Å². The maximum Gasteiger partial charge on any atom is 0.340 e. The maximum atomic E-state index is 13.3. The molecular weight excluding hydrogens is 425 g/mol. The highest BCUT2D eigenvalue weighted by Gasteiger charge is 2.38. The lowest BCUT2D eigenvalue weighted by molar-refractivity contribution is -0.136. The summed E-state index contributed by atoms with van der Waals surface area (Å²) in [6.45, 7) is 5.65. The van der Waals surface area contributed by atoms with Crippen molar-refractivity contribution in [2.24, 2.45) is 0 Å². The molecule has 0 spiro atoms. The second-order valence-corrected chi connectivity index (χ2v) is 7.32. The number of hydrogen-bond donors (Lipinski definition) is 0. The topological polar surface area (TPSA) is 55.8 Å². The fraction of sp³-hybridized carbons (Fsp3) is 0.130. The molecule has 0 bridgehead atoms. The highest BCUT2D eigenvalue weighted by molar-refractivity contribution is 6.35. The minimum absolute atomic E-state index is 0.177. The van der Waals surface area contributed by atoms with Gasteiger partial charge in [0, 0.05) is 15.7 Å². The van der Waals surface area contributed by atoms with Gasteiger partial charge in [0.2, 0.25) is 0 Å². The number of esters is 1. The molecule has 3 rings (SSSR count). The number of halogens is 2. The van der Waals surface area contributed by atoms with Crippen molar-refractivity contribution >= 4 is 46.8 Å². The first kappa shape index (κ1) is 21.7. The van der Waals surface area contributed by atoms with Crippen molar-refractivity contribution in [3.8, 4) is 5.75 Å². The van der Waals surface area contributed by atoms with E-state index in [2.05, 4.69) is 6.58 Å². The van der Waals surface area contributed by atoms with E-state index >= 15 is 0 Å². The molecule has 1 aliphatic heterocycles. The van der Waals surface area contributed by atoms with E-state index in [1.165, 1.54) is 12.0 Å². The SMILES string of the molecule is C=CCOc1cccc(/C=C2\C(=O)N(c3cc(Cl)cc(Cl)c3)C(C)=C2C(=O)OC)c1. The first-order valence-corrected chi connectivity index (χ1v) is 9.77. The largest absolute Gasteiger partial charge is 0.490 e. The quantitative estimate of drug-likeness (QED) is 0.339. The van der Waals surface area contributed by atoms with Crippen molar-refractivity contribution in [3.63, 3.8) is 0 Å². The number of methoxy groups -OCH3 is 1. The van der Waals surface area contributed by atoms with Crippen molar-refractivity contribution in [2.45, 2.75) is 6.92 Å². The predicted octanol–water partition coefficient (Wildman–Crippen LogP) is 5.44. The summed E-state index contributed by atoms with van der Waals surface area (Å²) >= 11 is 12.2. The summed E-state index contributed by atoms with van der Waals surface area (Å²) in [5.74, 6) is -0.376. The van der Waals surface area contributed by atoms with Crippen LogP contribution in [0, 0.1) is 0 Å². The van der Waals surface area contributed by atoms with Gasteiger partial charge >= 0.3 is 5.97 Å². The standard InChI is InChI=1S/C23H19Cl2NO4/c1-4-8-30-19-7-5-6-15(9-19)10-20-21(23(28)29-3)14(2)26(22(20)27)18-12-16(24)11-17(25)13-18/h4-7,9-13H,1,8H2,2-3H3/b20-10-. The first-order chi connectivity index (χ1) is 14.3. The normalized spacial score (nSPS) is 15.0. The summed E-state index contributed by atoms with van der Waals surface area (Å²) in [5.41, 5.74) is 1.96. The molecule has 154 valence electrons. The Hall–Kier alpha value is -3.02. The Bertz CT molecular complexity index is 1070. The molecule has 1 heterocycles. The van der Waals surface area contributed by atoms with Crippen LogP contribution in [0.3, 0.4) is 0 Å². The molecule has 1 amide bonds. The fourth-order valence-electron chi connectivity index (χ4n) is 3.18. The zero-order chi connectivity index (χ0) is 21.8. The van der Waals surface area contributed by atoms with E-state index in [-0.39, 0.29) is 17.1 Å². The molecule has 0 aromatic heterocycles. The van der Waals surface area contributed by atoms with Gasteiger partial charge in [-0.3, -0.25) is 9.69 Å². The summed E-state index contributed by atoms with van der Waals surface area (Å²) in [5, 5.41) is 0.754. The van der Waals surface area contributed by atoms with Crippen molar-refractivity contribution < 1.29 is 19.1 Å². The molecule has 0 saturated heterocycles. The predicted molar refractivity (Wildman–Crippen MR) is 119 cm³/mol. The molecule has 0 unspecified atom stereocenters. The third-order valence-electron chi connectivity index (χ3n) is 4.43. The minimum Gasteiger partial charge on any atom is -0.490 e. The highest BCUT2D eigenvalue weighted by Crippen LogP contribution is 2.37. The van der Waals surface area contributed by atoms with Gasteiger partial charge in [-0.25, -0.2) is 4.79 Å². The minimum atomic E-state index is -0.609. The van der Waals surface area contributed by atoms with E-state index < -0.39 is 5.97 Å². The lowest BCUT2D eigenvalue weighted by Crippen LogP contribution is -2.24. The van der Waals surface area contributed by atoms with Gasteiger partial charge in [-0.2, -0.15) is 0 Å². The third kappa shape index (κ3) is 4.42. The van der Waals surface area contributed by atoms with Crippen molar-refractivity contribution in [1.82, 2.24) is 0 Å². The molecule has 2 aromatic rings. The Labute approximate surface area is 184 Å². The zero-order valence-electron chi connectivity index (χ0n) is 16.4. The zero-order valence-corrected chi connectivity index (χ0v) is 18.0. The summed E-state index contributed by atoms with van der Waals surface area (Å²) in [6.07, 6.45) is 3.27. The average Bonchev–Trinajstić information content (AvgIpc) is 2.95. The van der Waals surface area contributed by atoms with Gasteiger partial charge in [-0.15, -0.1) is 0 Å². The monoisotopic (exact) mass is 443 g/mol. The number of carbonyl (C=O) groups excluding carboxylic acids is 2. The molecule has 0 aliphatic carbocycles. The Morgan fingerprint density at radius 2 is 1.87 bits per heavy atom. The van der Waals surface area contributed by atoms with Crippen LogP contribution >= 0.6 is 23.2 Å². The molecular formula is C23H19Cl2NO4. The van der Waals surface area contributed by atoms with Crippen LogP contribution in [0.2, 0.25) is 10.0 Å². The van der Waals surface area contributed by atoms with Crippen molar-refractivity contribution in [1.29, 1.82) is 0 Å². The summed E-state index contributed by atoms with van der Waals surface area (Å²) in [7, 11) is 1.27. The van der Waals surface area contributed by atoms with Gasteiger partial charge in [0.15, 0.2) is 0 Å². The number of ether oxygens (including phenoxy) is 2. The second kappa shape index (κ2) is 9.20. The van der Waals surface area contributed by atoms with Crippen LogP contribution in [0.5, 0.6) is 5.75 Å². The number of benzene rings is 2. The van der Waals surface area contributed by atoms with E-state index in [4.69, 9.17) is 32.7 Å². The smallest absolute Gasteiger partial charge is 0.340 e. The summed E-state index contributed by atoms with van der Waals surface area (Å²) in [6, 6.07) is 12.0. The van der Waals surface area contributed by atoms with E-state index in [0.29, 0.717) is 39.3 Å². The molecule has 0 N–H and O–H groups in total. The molecule has 0 atom stereocenters. The van der Waals surface area contributed by atoms with E-state index in [9.17, 15) is 9.59 Å². The summed E-state index contributed by atoms with van der Waals surface area (Å²) < 4.78 is 10.5. The van der Waals surface area contributed by atoms with Gasteiger partial charge in [0.05, 0.1) is 23.9 Å².